The normalized spacial score (nSPS) is 10.1. The Morgan fingerprint density at radius 1 is 1.28 bits per heavy atom. The average molecular weight is 308 g/mol. The van der Waals surface area contributed by atoms with Crippen LogP contribution in [-0.4, -0.2) is 10.9 Å². The zero-order valence-corrected chi connectivity index (χ0v) is 10.8. The van der Waals surface area contributed by atoms with Gasteiger partial charge in [0.15, 0.2) is 0 Å². The molecule has 0 spiro atoms. The van der Waals surface area contributed by atoms with E-state index in [0.29, 0.717) is 16.9 Å². The Balaban J connectivity index is 2.18. The fraction of sp³-hybridized carbons (Fsp3) is 0. The molecule has 4 N–H and O–H groups in total. The Hall–Kier alpha value is -2.08. The lowest BCUT2D eigenvalue weighted by Crippen LogP contribution is -2.14. The SMILES string of the molecule is Nc1cc(NC(=O)c2ccc(=O)[nH]c2)ccc1Br. The van der Waals surface area contributed by atoms with Crippen LogP contribution in [0.25, 0.3) is 0 Å². The third-order valence-electron chi connectivity index (χ3n) is 2.30. The number of nitrogens with one attached hydrogen (secondary N) is 2. The molecule has 0 aliphatic carbocycles. The van der Waals surface area contributed by atoms with Crippen molar-refractivity contribution in [1.29, 1.82) is 0 Å². The minimum absolute atomic E-state index is 0.251. The van der Waals surface area contributed by atoms with E-state index >= 15 is 0 Å². The molecular weight excluding hydrogens is 298 g/mol. The summed E-state index contributed by atoms with van der Waals surface area (Å²) in [6, 6.07) is 7.87. The molecule has 0 aliphatic rings. The first-order chi connectivity index (χ1) is 8.56. The minimum atomic E-state index is -0.312. The molecule has 2 rings (SSSR count). The number of anilines is 2. The maximum absolute atomic E-state index is 11.8. The number of hydrogen-bond acceptors (Lipinski definition) is 3. The van der Waals surface area contributed by atoms with E-state index in [1.807, 2.05) is 0 Å². The van der Waals surface area contributed by atoms with Crippen molar-refractivity contribution in [1.82, 2.24) is 4.98 Å². The number of amides is 1. The molecule has 0 fully saturated rings. The van der Waals surface area contributed by atoms with Crippen LogP contribution in [0.3, 0.4) is 0 Å². The molecule has 1 aromatic heterocycles. The Labute approximate surface area is 111 Å². The van der Waals surface area contributed by atoms with Crippen LogP contribution in [0, 0.1) is 0 Å². The largest absolute Gasteiger partial charge is 0.398 e. The van der Waals surface area contributed by atoms with Crippen molar-refractivity contribution in [3.05, 3.63) is 56.9 Å². The summed E-state index contributed by atoms with van der Waals surface area (Å²) >= 11 is 3.27. The van der Waals surface area contributed by atoms with E-state index in [-0.39, 0.29) is 11.5 Å². The first-order valence-electron chi connectivity index (χ1n) is 5.11. The van der Waals surface area contributed by atoms with Gasteiger partial charge in [0.2, 0.25) is 5.56 Å². The van der Waals surface area contributed by atoms with E-state index < -0.39 is 0 Å². The zero-order chi connectivity index (χ0) is 13.1. The molecule has 1 amide bonds. The predicted octanol–water partition coefficient (Wildman–Crippen LogP) is 1.97. The molecule has 18 heavy (non-hydrogen) atoms. The molecule has 5 nitrogen and oxygen atoms in total. The number of carbonyl (C=O) groups excluding carboxylic acids is 1. The van der Waals surface area contributed by atoms with E-state index in [1.54, 1.807) is 18.2 Å². The van der Waals surface area contributed by atoms with Crippen molar-refractivity contribution in [3.8, 4) is 0 Å². The van der Waals surface area contributed by atoms with Crippen LogP contribution in [0.2, 0.25) is 0 Å². The fourth-order valence-corrected chi connectivity index (χ4v) is 1.62. The molecule has 0 bridgehead atoms. The van der Waals surface area contributed by atoms with E-state index in [0.717, 1.165) is 4.47 Å². The molecule has 6 heteroatoms. The van der Waals surface area contributed by atoms with Crippen molar-refractivity contribution in [2.45, 2.75) is 0 Å². The molecule has 0 saturated heterocycles. The van der Waals surface area contributed by atoms with Gasteiger partial charge in [0.05, 0.1) is 5.56 Å². The van der Waals surface area contributed by atoms with Gasteiger partial charge < -0.3 is 16.0 Å². The summed E-state index contributed by atoms with van der Waals surface area (Å²) in [6.07, 6.45) is 1.36. The van der Waals surface area contributed by atoms with Crippen LogP contribution in [0.1, 0.15) is 10.4 Å². The molecule has 2 aromatic rings. The maximum atomic E-state index is 11.8. The van der Waals surface area contributed by atoms with Gasteiger partial charge in [-0.15, -0.1) is 0 Å². The van der Waals surface area contributed by atoms with Crippen LogP contribution in [0.4, 0.5) is 11.4 Å². The number of aromatic amines is 1. The Morgan fingerprint density at radius 3 is 2.67 bits per heavy atom. The van der Waals surface area contributed by atoms with Crippen molar-refractivity contribution in [3.63, 3.8) is 0 Å². The highest BCUT2D eigenvalue weighted by molar-refractivity contribution is 9.10. The molecule has 0 atom stereocenters. The van der Waals surface area contributed by atoms with E-state index in [1.165, 1.54) is 18.3 Å². The first-order valence-corrected chi connectivity index (χ1v) is 5.90. The Bertz CT molecular complexity index is 632. The van der Waals surface area contributed by atoms with Gasteiger partial charge in [-0.3, -0.25) is 9.59 Å². The number of carbonyl (C=O) groups is 1. The highest BCUT2D eigenvalue weighted by Crippen LogP contribution is 2.23. The second kappa shape index (κ2) is 5.05. The number of benzene rings is 1. The fourth-order valence-electron chi connectivity index (χ4n) is 1.38. The van der Waals surface area contributed by atoms with Gasteiger partial charge >= 0.3 is 0 Å². The molecular formula is C12H10BrN3O2. The molecule has 0 unspecified atom stereocenters. The highest BCUT2D eigenvalue weighted by Gasteiger charge is 2.06. The lowest BCUT2D eigenvalue weighted by atomic mass is 10.2. The molecule has 1 aromatic carbocycles. The van der Waals surface area contributed by atoms with Crippen molar-refractivity contribution < 1.29 is 4.79 Å². The highest BCUT2D eigenvalue weighted by atomic mass is 79.9. The lowest BCUT2D eigenvalue weighted by molar-refractivity contribution is 0.102. The molecule has 0 saturated carbocycles. The molecule has 1 heterocycles. The third-order valence-corrected chi connectivity index (χ3v) is 3.02. The van der Waals surface area contributed by atoms with Gasteiger partial charge in [-0.25, -0.2) is 0 Å². The summed E-state index contributed by atoms with van der Waals surface area (Å²) < 4.78 is 0.768. The summed E-state index contributed by atoms with van der Waals surface area (Å²) in [5.41, 5.74) is 6.96. The first kappa shape index (κ1) is 12.4. The second-order valence-corrected chi connectivity index (χ2v) is 4.49. The van der Waals surface area contributed by atoms with Gasteiger partial charge in [-0.1, -0.05) is 0 Å². The summed E-state index contributed by atoms with van der Waals surface area (Å²) in [6.45, 7) is 0. The smallest absolute Gasteiger partial charge is 0.257 e. The molecule has 0 aliphatic heterocycles. The second-order valence-electron chi connectivity index (χ2n) is 3.63. The summed E-state index contributed by atoms with van der Waals surface area (Å²) in [4.78, 5) is 25.2. The lowest BCUT2D eigenvalue weighted by Gasteiger charge is -2.06. The van der Waals surface area contributed by atoms with Crippen molar-refractivity contribution >= 4 is 33.2 Å². The summed E-state index contributed by atoms with van der Waals surface area (Å²) in [5.74, 6) is -0.312. The van der Waals surface area contributed by atoms with E-state index in [9.17, 15) is 9.59 Å². The monoisotopic (exact) mass is 307 g/mol. The number of nitrogen functional groups attached to an aromatic ring is 1. The summed E-state index contributed by atoms with van der Waals surface area (Å²) in [7, 11) is 0. The predicted molar refractivity (Wildman–Crippen MR) is 73.6 cm³/mol. The standard InChI is InChI=1S/C12H10BrN3O2/c13-9-3-2-8(5-10(9)14)16-12(18)7-1-4-11(17)15-6-7/h1-6H,14H2,(H,15,17)(H,16,18). The topological polar surface area (TPSA) is 88.0 Å². The third kappa shape index (κ3) is 2.78. The van der Waals surface area contributed by atoms with Crippen LogP contribution >= 0.6 is 15.9 Å². The van der Waals surface area contributed by atoms with Crippen LogP contribution in [-0.2, 0) is 0 Å². The maximum Gasteiger partial charge on any atom is 0.257 e. The van der Waals surface area contributed by atoms with Crippen LogP contribution in [0.5, 0.6) is 0 Å². The van der Waals surface area contributed by atoms with Gasteiger partial charge in [-0.05, 0) is 40.2 Å². The van der Waals surface area contributed by atoms with E-state index in [2.05, 4.69) is 26.2 Å². The van der Waals surface area contributed by atoms with Gasteiger partial charge in [0.25, 0.3) is 5.91 Å². The molecule has 0 radical (unpaired) electrons. The number of nitrogens with two attached hydrogens (primary N) is 1. The number of pyridine rings is 1. The van der Waals surface area contributed by atoms with Crippen LogP contribution in [0.15, 0.2) is 45.8 Å². The number of halogens is 1. The molecule has 92 valence electrons. The van der Waals surface area contributed by atoms with Gasteiger partial charge in [0, 0.05) is 28.1 Å². The Morgan fingerprint density at radius 2 is 2.06 bits per heavy atom. The van der Waals surface area contributed by atoms with Crippen LogP contribution < -0.4 is 16.6 Å². The number of hydrogen-bond donors (Lipinski definition) is 3. The zero-order valence-electron chi connectivity index (χ0n) is 9.24. The minimum Gasteiger partial charge on any atom is -0.398 e. The Kier molecular flexibility index (Phi) is 3.47. The number of H-pyrrole nitrogens is 1. The summed E-state index contributed by atoms with van der Waals surface area (Å²) in [5, 5.41) is 2.68. The van der Waals surface area contributed by atoms with Crippen molar-refractivity contribution in [2.75, 3.05) is 11.1 Å². The average Bonchev–Trinajstić information content (AvgIpc) is 2.34. The number of aromatic nitrogens is 1. The number of rotatable bonds is 2. The quantitative estimate of drug-likeness (QED) is 0.741. The van der Waals surface area contributed by atoms with E-state index in [4.69, 9.17) is 5.73 Å². The van der Waals surface area contributed by atoms with Gasteiger partial charge in [-0.2, -0.15) is 0 Å². The van der Waals surface area contributed by atoms with Crippen molar-refractivity contribution in [2.24, 2.45) is 0 Å². The van der Waals surface area contributed by atoms with Gasteiger partial charge in [0.1, 0.15) is 0 Å².